The first kappa shape index (κ1) is 16.0. The summed E-state index contributed by atoms with van der Waals surface area (Å²) in [4.78, 5) is 50.9. The van der Waals surface area contributed by atoms with Gasteiger partial charge in [-0.1, -0.05) is 17.8 Å². The number of nitrogens with one attached hydrogen (secondary N) is 2. The van der Waals surface area contributed by atoms with Crippen LogP contribution in [0, 0.1) is 0 Å². The SMILES string of the molecule is O=C(NCCN1C(=O)CSC1=O)C(=O)NCc1ccccn1. The van der Waals surface area contributed by atoms with Crippen molar-refractivity contribution in [2.75, 3.05) is 18.8 Å². The van der Waals surface area contributed by atoms with E-state index in [2.05, 4.69) is 15.6 Å². The molecule has 0 aliphatic carbocycles. The van der Waals surface area contributed by atoms with E-state index in [1.165, 1.54) is 0 Å². The van der Waals surface area contributed by atoms with Crippen molar-refractivity contribution in [2.24, 2.45) is 0 Å². The molecule has 0 aromatic carbocycles. The fourth-order valence-electron chi connectivity index (χ4n) is 1.71. The van der Waals surface area contributed by atoms with Crippen LogP contribution in [0.4, 0.5) is 4.79 Å². The Kier molecular flexibility index (Phi) is 5.48. The summed E-state index contributed by atoms with van der Waals surface area (Å²) in [6.07, 6.45) is 1.59. The van der Waals surface area contributed by atoms with Gasteiger partial charge in [0.25, 0.3) is 5.24 Å². The van der Waals surface area contributed by atoms with E-state index in [1.54, 1.807) is 24.4 Å². The minimum Gasteiger partial charge on any atom is -0.346 e. The first-order chi connectivity index (χ1) is 10.6. The second-order valence-electron chi connectivity index (χ2n) is 4.36. The number of rotatable bonds is 5. The van der Waals surface area contributed by atoms with E-state index < -0.39 is 11.8 Å². The number of hydrogen-bond acceptors (Lipinski definition) is 6. The van der Waals surface area contributed by atoms with Crippen LogP contribution in [0.25, 0.3) is 0 Å². The van der Waals surface area contributed by atoms with Crippen LogP contribution in [0.5, 0.6) is 0 Å². The molecule has 2 heterocycles. The summed E-state index contributed by atoms with van der Waals surface area (Å²) in [6.45, 7) is 0.241. The topological polar surface area (TPSA) is 108 Å². The van der Waals surface area contributed by atoms with Crippen LogP contribution in [0.15, 0.2) is 24.4 Å². The molecule has 0 saturated carbocycles. The molecule has 1 fully saturated rings. The summed E-state index contributed by atoms with van der Waals surface area (Å²) in [5.41, 5.74) is 0.633. The average molecular weight is 322 g/mol. The zero-order valence-corrected chi connectivity index (χ0v) is 12.4. The molecule has 1 saturated heterocycles. The van der Waals surface area contributed by atoms with E-state index in [0.29, 0.717) is 5.69 Å². The predicted molar refractivity (Wildman–Crippen MR) is 78.7 cm³/mol. The van der Waals surface area contributed by atoms with Gasteiger partial charge in [-0.2, -0.15) is 0 Å². The molecule has 9 heteroatoms. The molecular formula is C13H14N4O4S. The first-order valence-corrected chi connectivity index (χ1v) is 7.49. The molecule has 0 unspecified atom stereocenters. The van der Waals surface area contributed by atoms with Gasteiger partial charge in [0.2, 0.25) is 5.91 Å². The van der Waals surface area contributed by atoms with Gasteiger partial charge >= 0.3 is 11.8 Å². The van der Waals surface area contributed by atoms with Crippen molar-refractivity contribution in [2.45, 2.75) is 6.54 Å². The van der Waals surface area contributed by atoms with Crippen LogP contribution < -0.4 is 10.6 Å². The summed E-state index contributed by atoms with van der Waals surface area (Å²) in [6, 6.07) is 5.24. The van der Waals surface area contributed by atoms with Crippen molar-refractivity contribution in [1.29, 1.82) is 0 Å². The highest BCUT2D eigenvalue weighted by Gasteiger charge is 2.29. The van der Waals surface area contributed by atoms with Crippen molar-refractivity contribution >= 4 is 34.7 Å². The third kappa shape index (κ3) is 4.29. The Morgan fingerprint density at radius 1 is 1.23 bits per heavy atom. The molecule has 116 valence electrons. The van der Waals surface area contributed by atoms with Crippen molar-refractivity contribution in [3.63, 3.8) is 0 Å². The van der Waals surface area contributed by atoms with Gasteiger partial charge < -0.3 is 10.6 Å². The monoisotopic (exact) mass is 322 g/mol. The van der Waals surface area contributed by atoms with Crippen molar-refractivity contribution < 1.29 is 19.2 Å². The molecule has 0 spiro atoms. The minimum absolute atomic E-state index is 0.0356. The fraction of sp³-hybridized carbons (Fsp3) is 0.308. The number of thioether (sulfide) groups is 1. The van der Waals surface area contributed by atoms with Crippen LogP contribution in [-0.4, -0.2) is 51.7 Å². The maximum atomic E-state index is 11.6. The summed E-state index contributed by atoms with van der Waals surface area (Å²) >= 11 is 0.923. The lowest BCUT2D eigenvalue weighted by Crippen LogP contribution is -2.43. The number of hydrogen-bond donors (Lipinski definition) is 2. The number of imide groups is 1. The lowest BCUT2D eigenvalue weighted by molar-refractivity contribution is -0.139. The van der Waals surface area contributed by atoms with Crippen LogP contribution in [0.3, 0.4) is 0 Å². The second-order valence-corrected chi connectivity index (χ2v) is 5.29. The Balaban J connectivity index is 1.69. The number of carbonyl (C=O) groups excluding carboxylic acids is 4. The van der Waals surface area contributed by atoms with Gasteiger partial charge in [0.15, 0.2) is 0 Å². The van der Waals surface area contributed by atoms with E-state index in [-0.39, 0.29) is 36.5 Å². The van der Waals surface area contributed by atoms with Crippen LogP contribution in [0.2, 0.25) is 0 Å². The molecule has 2 N–H and O–H groups in total. The Morgan fingerprint density at radius 2 is 2.00 bits per heavy atom. The molecule has 2 rings (SSSR count). The molecular weight excluding hydrogens is 308 g/mol. The molecule has 0 atom stereocenters. The molecule has 4 amide bonds. The highest BCUT2D eigenvalue weighted by Crippen LogP contribution is 2.17. The Bertz CT molecular complexity index is 577. The van der Waals surface area contributed by atoms with Gasteiger partial charge in [0.05, 0.1) is 18.0 Å². The first-order valence-electron chi connectivity index (χ1n) is 6.51. The van der Waals surface area contributed by atoms with E-state index in [0.717, 1.165) is 16.7 Å². The van der Waals surface area contributed by atoms with E-state index in [9.17, 15) is 19.2 Å². The van der Waals surface area contributed by atoms with Crippen molar-refractivity contribution in [1.82, 2.24) is 20.5 Å². The average Bonchev–Trinajstić information content (AvgIpc) is 2.85. The molecule has 1 aliphatic rings. The number of aromatic nitrogens is 1. The van der Waals surface area contributed by atoms with Gasteiger partial charge in [0, 0.05) is 19.3 Å². The normalized spacial score (nSPS) is 14.1. The standard InChI is InChI=1S/C13H14N4O4S/c18-10-8-22-13(21)17(10)6-5-15-11(19)12(20)16-7-9-3-1-2-4-14-9/h1-4H,5-8H2,(H,15,19)(H,16,20). The maximum Gasteiger partial charge on any atom is 0.309 e. The third-order valence-electron chi connectivity index (χ3n) is 2.82. The van der Waals surface area contributed by atoms with Crippen molar-refractivity contribution in [3.8, 4) is 0 Å². The number of amides is 4. The minimum atomic E-state index is -0.817. The maximum absolute atomic E-state index is 11.6. The van der Waals surface area contributed by atoms with Crippen LogP contribution in [-0.2, 0) is 20.9 Å². The quantitative estimate of drug-likeness (QED) is 0.708. The molecule has 22 heavy (non-hydrogen) atoms. The third-order valence-corrected chi connectivity index (χ3v) is 3.68. The van der Waals surface area contributed by atoms with E-state index in [4.69, 9.17) is 0 Å². The molecule has 1 aromatic heterocycles. The van der Waals surface area contributed by atoms with Gasteiger partial charge in [-0.05, 0) is 12.1 Å². The summed E-state index contributed by atoms with van der Waals surface area (Å²) < 4.78 is 0. The van der Waals surface area contributed by atoms with Crippen LogP contribution >= 0.6 is 11.8 Å². The summed E-state index contributed by atoms with van der Waals surface area (Å²) in [5, 5.41) is 4.46. The largest absolute Gasteiger partial charge is 0.346 e. The highest BCUT2D eigenvalue weighted by molar-refractivity contribution is 8.14. The Hall–Kier alpha value is -2.42. The number of nitrogens with zero attached hydrogens (tertiary/aromatic N) is 2. The smallest absolute Gasteiger partial charge is 0.309 e. The lowest BCUT2D eigenvalue weighted by Gasteiger charge is -2.12. The van der Waals surface area contributed by atoms with Crippen LogP contribution in [0.1, 0.15) is 5.69 Å². The Morgan fingerprint density at radius 3 is 2.64 bits per heavy atom. The predicted octanol–water partition coefficient (Wildman–Crippen LogP) is -0.491. The van der Waals surface area contributed by atoms with Gasteiger partial charge in [0.1, 0.15) is 0 Å². The number of carbonyl (C=O) groups is 4. The van der Waals surface area contributed by atoms with Gasteiger partial charge in [-0.25, -0.2) is 0 Å². The zero-order valence-electron chi connectivity index (χ0n) is 11.6. The Labute approximate surface area is 130 Å². The lowest BCUT2D eigenvalue weighted by atomic mass is 10.3. The molecule has 8 nitrogen and oxygen atoms in total. The number of pyridine rings is 1. The highest BCUT2D eigenvalue weighted by atomic mass is 32.2. The van der Waals surface area contributed by atoms with E-state index >= 15 is 0 Å². The molecule has 1 aliphatic heterocycles. The van der Waals surface area contributed by atoms with E-state index in [1.807, 2.05) is 0 Å². The molecule has 0 bridgehead atoms. The second kappa shape index (κ2) is 7.55. The zero-order chi connectivity index (χ0) is 15.9. The summed E-state index contributed by atoms with van der Waals surface area (Å²) in [5.74, 6) is -1.78. The van der Waals surface area contributed by atoms with Crippen molar-refractivity contribution in [3.05, 3.63) is 30.1 Å². The fourth-order valence-corrected chi connectivity index (χ4v) is 2.46. The molecule has 0 radical (unpaired) electrons. The van der Waals surface area contributed by atoms with Gasteiger partial charge in [-0.3, -0.25) is 29.1 Å². The van der Waals surface area contributed by atoms with Gasteiger partial charge in [-0.15, -0.1) is 0 Å². The summed E-state index contributed by atoms with van der Waals surface area (Å²) in [7, 11) is 0. The molecule has 1 aromatic rings.